The van der Waals surface area contributed by atoms with Crippen LogP contribution in [0, 0.1) is 0 Å². The summed E-state index contributed by atoms with van der Waals surface area (Å²) >= 11 is 0. The summed E-state index contributed by atoms with van der Waals surface area (Å²) < 4.78 is 2.07. The van der Waals surface area contributed by atoms with E-state index in [1.807, 2.05) is 18.6 Å². The van der Waals surface area contributed by atoms with Crippen molar-refractivity contribution in [2.75, 3.05) is 0 Å². The number of nitrogens with zero attached hydrogens (tertiary/aromatic N) is 2. The normalized spacial score (nSPS) is 9.60. The molecule has 1 rings (SSSR count). The van der Waals surface area contributed by atoms with E-state index in [4.69, 9.17) is 0 Å². The molecule has 0 radical (unpaired) electrons. The van der Waals surface area contributed by atoms with Gasteiger partial charge in [0.25, 0.3) is 0 Å². The van der Waals surface area contributed by atoms with Gasteiger partial charge in [0.2, 0.25) is 0 Å². The van der Waals surface area contributed by atoms with Crippen molar-refractivity contribution in [3.8, 4) is 0 Å². The van der Waals surface area contributed by atoms with Crippen LogP contribution in [0.15, 0.2) is 31.4 Å². The molecule has 0 fully saturated rings. The molecule has 54 valence electrons. The highest BCUT2D eigenvalue weighted by molar-refractivity contribution is 4.74. The molecule has 0 saturated heterocycles. The molecule has 0 unspecified atom stereocenters. The van der Waals surface area contributed by atoms with Crippen LogP contribution in [-0.2, 0) is 6.54 Å². The van der Waals surface area contributed by atoms with Gasteiger partial charge in [-0.1, -0.05) is 6.08 Å². The fourth-order valence-corrected chi connectivity index (χ4v) is 0.837. The number of allylic oxidation sites excluding steroid dienone is 1. The topological polar surface area (TPSA) is 17.8 Å². The van der Waals surface area contributed by atoms with Gasteiger partial charge in [-0.05, 0) is 12.8 Å². The van der Waals surface area contributed by atoms with Gasteiger partial charge in [-0.15, -0.1) is 6.58 Å². The molecular weight excluding hydrogens is 124 g/mol. The minimum absolute atomic E-state index is 1.05. The second-order valence-electron chi connectivity index (χ2n) is 2.23. The molecule has 2 nitrogen and oxygen atoms in total. The first-order valence-electron chi connectivity index (χ1n) is 3.50. The predicted molar refractivity (Wildman–Crippen MR) is 41.7 cm³/mol. The van der Waals surface area contributed by atoms with Gasteiger partial charge in [0.05, 0.1) is 6.33 Å². The van der Waals surface area contributed by atoms with Crippen molar-refractivity contribution in [2.24, 2.45) is 0 Å². The fraction of sp³-hybridized carbons (Fsp3) is 0.375. The Balaban J connectivity index is 2.21. The smallest absolute Gasteiger partial charge is 0.0945 e. The monoisotopic (exact) mass is 136 g/mol. The van der Waals surface area contributed by atoms with Crippen LogP contribution in [0.1, 0.15) is 12.8 Å². The van der Waals surface area contributed by atoms with Crippen molar-refractivity contribution in [3.63, 3.8) is 0 Å². The Morgan fingerprint density at radius 2 is 2.50 bits per heavy atom. The van der Waals surface area contributed by atoms with Crippen LogP contribution in [0.4, 0.5) is 0 Å². The lowest BCUT2D eigenvalue weighted by atomic mass is 10.3. The number of aromatic nitrogens is 2. The van der Waals surface area contributed by atoms with E-state index in [2.05, 4.69) is 16.1 Å². The first-order chi connectivity index (χ1) is 4.93. The van der Waals surface area contributed by atoms with Gasteiger partial charge >= 0.3 is 0 Å². The summed E-state index contributed by atoms with van der Waals surface area (Å²) in [5.41, 5.74) is 0. The van der Waals surface area contributed by atoms with Crippen LogP contribution in [0.5, 0.6) is 0 Å². The van der Waals surface area contributed by atoms with Gasteiger partial charge in [-0.2, -0.15) is 0 Å². The van der Waals surface area contributed by atoms with Crippen LogP contribution >= 0.6 is 0 Å². The lowest BCUT2D eigenvalue weighted by molar-refractivity contribution is 0.650. The zero-order chi connectivity index (χ0) is 7.23. The fourth-order valence-electron chi connectivity index (χ4n) is 0.837. The van der Waals surface area contributed by atoms with E-state index in [1.54, 1.807) is 6.20 Å². The van der Waals surface area contributed by atoms with Gasteiger partial charge in [0.15, 0.2) is 0 Å². The number of hydrogen-bond donors (Lipinski definition) is 0. The Labute approximate surface area is 61.2 Å². The summed E-state index contributed by atoms with van der Waals surface area (Å²) in [4.78, 5) is 3.94. The predicted octanol–water partition coefficient (Wildman–Crippen LogP) is 1.85. The van der Waals surface area contributed by atoms with Crippen molar-refractivity contribution >= 4 is 0 Å². The Morgan fingerprint density at radius 3 is 3.10 bits per heavy atom. The standard InChI is InChI=1S/C8H12N2/c1-2-3-4-6-10-7-5-9-8-10/h2,5,7-8H,1,3-4,6H2. The van der Waals surface area contributed by atoms with E-state index < -0.39 is 0 Å². The second kappa shape index (κ2) is 3.88. The van der Waals surface area contributed by atoms with Crippen molar-refractivity contribution in [1.82, 2.24) is 9.55 Å². The first-order valence-corrected chi connectivity index (χ1v) is 3.50. The maximum Gasteiger partial charge on any atom is 0.0945 e. The summed E-state index contributed by atoms with van der Waals surface area (Å²) in [7, 11) is 0. The number of imidazole rings is 1. The number of hydrogen-bond acceptors (Lipinski definition) is 1. The summed E-state index contributed by atoms with van der Waals surface area (Å²) in [5.74, 6) is 0. The molecule has 0 amide bonds. The number of unbranched alkanes of at least 4 members (excludes halogenated alkanes) is 1. The minimum Gasteiger partial charge on any atom is -0.337 e. The molecule has 1 aromatic rings. The number of aryl methyl sites for hydroxylation is 1. The molecule has 2 heteroatoms. The average molecular weight is 136 g/mol. The average Bonchev–Trinajstić information content (AvgIpc) is 2.41. The Kier molecular flexibility index (Phi) is 2.74. The van der Waals surface area contributed by atoms with Crippen LogP contribution in [0.2, 0.25) is 0 Å². The van der Waals surface area contributed by atoms with E-state index >= 15 is 0 Å². The summed E-state index contributed by atoms with van der Waals surface area (Å²) in [6.07, 6.45) is 9.79. The molecule has 10 heavy (non-hydrogen) atoms. The zero-order valence-corrected chi connectivity index (χ0v) is 6.03. The third kappa shape index (κ3) is 2.05. The molecule has 1 aromatic heterocycles. The highest BCUT2D eigenvalue weighted by Crippen LogP contribution is 1.94. The second-order valence-corrected chi connectivity index (χ2v) is 2.23. The van der Waals surface area contributed by atoms with E-state index in [9.17, 15) is 0 Å². The molecule has 1 heterocycles. The van der Waals surface area contributed by atoms with Crippen molar-refractivity contribution in [3.05, 3.63) is 31.4 Å². The van der Waals surface area contributed by atoms with Gasteiger partial charge in [-0.3, -0.25) is 0 Å². The molecule has 0 aromatic carbocycles. The van der Waals surface area contributed by atoms with Crippen LogP contribution < -0.4 is 0 Å². The molecule has 0 spiro atoms. The van der Waals surface area contributed by atoms with Crippen LogP contribution in [0.25, 0.3) is 0 Å². The highest BCUT2D eigenvalue weighted by Gasteiger charge is 1.86. The summed E-state index contributed by atoms with van der Waals surface area (Å²) in [6, 6.07) is 0. The lowest BCUT2D eigenvalue weighted by Gasteiger charge is -1.97. The maximum atomic E-state index is 3.94. The van der Waals surface area contributed by atoms with E-state index in [0.717, 1.165) is 19.4 Å². The molecule has 0 N–H and O–H groups in total. The lowest BCUT2D eigenvalue weighted by Crippen LogP contribution is -1.92. The third-order valence-corrected chi connectivity index (χ3v) is 1.38. The molecule has 0 aliphatic carbocycles. The maximum absolute atomic E-state index is 3.94. The van der Waals surface area contributed by atoms with Gasteiger partial charge < -0.3 is 4.57 Å². The molecule has 0 atom stereocenters. The largest absolute Gasteiger partial charge is 0.337 e. The Hall–Kier alpha value is -1.05. The van der Waals surface area contributed by atoms with E-state index in [-0.39, 0.29) is 0 Å². The molecular formula is C8H12N2. The zero-order valence-electron chi connectivity index (χ0n) is 6.03. The van der Waals surface area contributed by atoms with Gasteiger partial charge in [0.1, 0.15) is 0 Å². The number of rotatable bonds is 4. The Morgan fingerprint density at radius 1 is 1.60 bits per heavy atom. The third-order valence-electron chi connectivity index (χ3n) is 1.38. The van der Waals surface area contributed by atoms with Crippen molar-refractivity contribution in [1.29, 1.82) is 0 Å². The molecule has 0 saturated carbocycles. The summed E-state index contributed by atoms with van der Waals surface area (Å²) in [6.45, 7) is 4.70. The molecule has 0 bridgehead atoms. The van der Waals surface area contributed by atoms with Crippen LogP contribution in [0.3, 0.4) is 0 Å². The minimum atomic E-state index is 1.05. The Bertz CT molecular complexity index is 177. The van der Waals surface area contributed by atoms with Crippen LogP contribution in [-0.4, -0.2) is 9.55 Å². The van der Waals surface area contributed by atoms with Gasteiger partial charge in [-0.25, -0.2) is 4.98 Å². The SMILES string of the molecule is C=CCCCn1ccnc1. The first kappa shape index (κ1) is 7.06. The highest BCUT2D eigenvalue weighted by atomic mass is 15.0. The quantitative estimate of drug-likeness (QED) is 0.456. The molecule has 0 aliphatic rings. The van der Waals surface area contributed by atoms with Crippen molar-refractivity contribution < 1.29 is 0 Å². The molecule has 0 aliphatic heterocycles. The van der Waals surface area contributed by atoms with E-state index in [0.29, 0.717) is 0 Å². The van der Waals surface area contributed by atoms with Gasteiger partial charge in [0, 0.05) is 18.9 Å². The summed E-state index contributed by atoms with van der Waals surface area (Å²) in [5, 5.41) is 0. The van der Waals surface area contributed by atoms with E-state index in [1.165, 1.54) is 0 Å². The van der Waals surface area contributed by atoms with Crippen molar-refractivity contribution in [2.45, 2.75) is 19.4 Å².